The first-order valence-corrected chi connectivity index (χ1v) is 5.67. The molecular weight excluding hydrogens is 242 g/mol. The largest absolute Gasteiger partial charge is 0.481 e. The van der Waals surface area contributed by atoms with Gasteiger partial charge in [-0.2, -0.15) is 0 Å². The Labute approximate surface area is 105 Å². The molecule has 18 heavy (non-hydrogen) atoms. The molecule has 0 aliphatic carbocycles. The third kappa shape index (κ3) is 6.85. The summed E-state index contributed by atoms with van der Waals surface area (Å²) in [6, 6.07) is -2.15. The van der Waals surface area contributed by atoms with Gasteiger partial charge >= 0.3 is 17.9 Å². The zero-order valence-electron chi connectivity index (χ0n) is 10.4. The first-order chi connectivity index (χ1) is 8.23. The van der Waals surface area contributed by atoms with Crippen molar-refractivity contribution in [1.29, 1.82) is 0 Å². The molecule has 7 nitrogen and oxygen atoms in total. The van der Waals surface area contributed by atoms with Gasteiger partial charge < -0.3 is 15.3 Å². The standard InChI is InChI=1S/C11H19NO6/c1-6(2)5-8(11(17)18)12-7(10(15)16)3-4-9(13)14/h6-8,12H,3-5H2,1-2H3,(H,13,14)(H,15,16)(H,17,18)/t7-,8+/m1/s1. The quantitative estimate of drug-likeness (QED) is 0.473. The highest BCUT2D eigenvalue weighted by Crippen LogP contribution is 2.08. The number of carboxylic acids is 3. The van der Waals surface area contributed by atoms with Crippen LogP contribution in [0, 0.1) is 5.92 Å². The van der Waals surface area contributed by atoms with Crippen molar-refractivity contribution in [2.45, 2.75) is 45.2 Å². The Morgan fingerprint density at radius 1 is 1.00 bits per heavy atom. The van der Waals surface area contributed by atoms with Crippen LogP contribution in [0.4, 0.5) is 0 Å². The molecule has 0 aromatic rings. The number of hydrogen-bond donors (Lipinski definition) is 4. The van der Waals surface area contributed by atoms with Crippen LogP contribution in [0.5, 0.6) is 0 Å². The molecule has 4 N–H and O–H groups in total. The van der Waals surface area contributed by atoms with E-state index < -0.39 is 30.0 Å². The molecule has 0 fully saturated rings. The molecule has 0 saturated carbocycles. The number of rotatable bonds is 9. The van der Waals surface area contributed by atoms with Crippen LogP contribution in [0.2, 0.25) is 0 Å². The molecule has 0 aliphatic rings. The van der Waals surface area contributed by atoms with E-state index in [9.17, 15) is 14.4 Å². The highest BCUT2D eigenvalue weighted by Gasteiger charge is 2.26. The Kier molecular flexibility index (Phi) is 6.96. The Hall–Kier alpha value is -1.63. The fourth-order valence-corrected chi connectivity index (χ4v) is 1.50. The maximum absolute atomic E-state index is 11.0. The molecule has 0 radical (unpaired) electrons. The van der Waals surface area contributed by atoms with Gasteiger partial charge in [-0.15, -0.1) is 0 Å². The summed E-state index contributed by atoms with van der Waals surface area (Å²) in [5.41, 5.74) is 0. The predicted octanol–water partition coefficient (Wildman–Crippen LogP) is 0.393. The minimum absolute atomic E-state index is 0.0903. The van der Waals surface area contributed by atoms with Crippen molar-refractivity contribution in [3.63, 3.8) is 0 Å². The maximum Gasteiger partial charge on any atom is 0.320 e. The second-order valence-corrected chi connectivity index (χ2v) is 4.51. The van der Waals surface area contributed by atoms with Crippen molar-refractivity contribution in [3.05, 3.63) is 0 Å². The Morgan fingerprint density at radius 2 is 1.50 bits per heavy atom. The van der Waals surface area contributed by atoms with Crippen LogP contribution in [0.25, 0.3) is 0 Å². The third-order valence-corrected chi connectivity index (χ3v) is 2.35. The number of carboxylic acid groups (broad SMARTS) is 3. The topological polar surface area (TPSA) is 124 Å². The summed E-state index contributed by atoms with van der Waals surface area (Å²) in [6.45, 7) is 3.65. The zero-order valence-corrected chi connectivity index (χ0v) is 10.4. The van der Waals surface area contributed by atoms with Crippen molar-refractivity contribution in [2.75, 3.05) is 0 Å². The molecule has 0 rings (SSSR count). The lowest BCUT2D eigenvalue weighted by Gasteiger charge is -2.21. The number of hydrogen-bond acceptors (Lipinski definition) is 4. The van der Waals surface area contributed by atoms with Crippen LogP contribution in [-0.4, -0.2) is 45.3 Å². The third-order valence-electron chi connectivity index (χ3n) is 2.35. The summed E-state index contributed by atoms with van der Waals surface area (Å²) in [5, 5.41) is 28.8. The van der Waals surface area contributed by atoms with Gasteiger partial charge in [-0.25, -0.2) is 0 Å². The lowest BCUT2D eigenvalue weighted by molar-refractivity contribution is -0.143. The minimum atomic E-state index is -1.24. The lowest BCUT2D eigenvalue weighted by Crippen LogP contribution is -2.47. The molecule has 0 saturated heterocycles. The van der Waals surface area contributed by atoms with Gasteiger partial charge in [0.2, 0.25) is 0 Å². The fraction of sp³-hybridized carbons (Fsp3) is 0.727. The molecule has 0 amide bonds. The fourth-order valence-electron chi connectivity index (χ4n) is 1.50. The smallest absolute Gasteiger partial charge is 0.320 e. The second kappa shape index (κ2) is 7.65. The van der Waals surface area contributed by atoms with E-state index >= 15 is 0 Å². The van der Waals surface area contributed by atoms with E-state index in [-0.39, 0.29) is 25.2 Å². The normalized spacial score (nSPS) is 14.2. The summed E-state index contributed by atoms with van der Waals surface area (Å²) in [4.78, 5) is 32.3. The van der Waals surface area contributed by atoms with Gasteiger partial charge in [0.1, 0.15) is 12.1 Å². The van der Waals surface area contributed by atoms with Crippen LogP contribution in [0.1, 0.15) is 33.1 Å². The molecule has 0 aliphatic heterocycles. The van der Waals surface area contributed by atoms with E-state index in [0.717, 1.165) is 0 Å². The molecule has 0 bridgehead atoms. The zero-order chi connectivity index (χ0) is 14.3. The molecular formula is C11H19NO6. The van der Waals surface area contributed by atoms with Crippen LogP contribution in [0.3, 0.4) is 0 Å². The maximum atomic E-state index is 11.0. The molecule has 0 spiro atoms. The van der Waals surface area contributed by atoms with Gasteiger partial charge in [0.25, 0.3) is 0 Å². The van der Waals surface area contributed by atoms with Gasteiger partial charge in [0.05, 0.1) is 0 Å². The predicted molar refractivity (Wildman–Crippen MR) is 62.3 cm³/mol. The van der Waals surface area contributed by atoms with Gasteiger partial charge in [-0.3, -0.25) is 19.7 Å². The summed E-state index contributed by atoms with van der Waals surface area (Å²) in [5.74, 6) is -3.40. The molecule has 104 valence electrons. The minimum Gasteiger partial charge on any atom is -0.481 e. The van der Waals surface area contributed by atoms with Crippen molar-refractivity contribution in [2.24, 2.45) is 5.92 Å². The summed E-state index contributed by atoms with van der Waals surface area (Å²) < 4.78 is 0. The summed E-state index contributed by atoms with van der Waals surface area (Å²) in [7, 11) is 0. The SMILES string of the molecule is CC(C)C[C@H](N[C@H](CCC(=O)O)C(=O)O)C(=O)O. The van der Waals surface area contributed by atoms with E-state index in [1.165, 1.54) is 0 Å². The van der Waals surface area contributed by atoms with Crippen LogP contribution in [-0.2, 0) is 14.4 Å². The summed E-state index contributed by atoms with van der Waals surface area (Å²) >= 11 is 0. The van der Waals surface area contributed by atoms with Gasteiger partial charge in [0, 0.05) is 6.42 Å². The van der Waals surface area contributed by atoms with Crippen molar-refractivity contribution in [1.82, 2.24) is 5.32 Å². The molecule has 0 unspecified atom stereocenters. The van der Waals surface area contributed by atoms with Gasteiger partial charge in [-0.05, 0) is 18.8 Å². The average molecular weight is 261 g/mol. The highest BCUT2D eigenvalue weighted by molar-refractivity contribution is 5.78. The van der Waals surface area contributed by atoms with Gasteiger partial charge in [0.15, 0.2) is 0 Å². The first kappa shape index (κ1) is 16.4. The lowest BCUT2D eigenvalue weighted by atomic mass is 10.0. The van der Waals surface area contributed by atoms with Gasteiger partial charge in [-0.1, -0.05) is 13.8 Å². The second-order valence-electron chi connectivity index (χ2n) is 4.51. The van der Waals surface area contributed by atoms with Crippen molar-refractivity contribution < 1.29 is 29.7 Å². The van der Waals surface area contributed by atoms with Crippen LogP contribution >= 0.6 is 0 Å². The van der Waals surface area contributed by atoms with E-state index in [0.29, 0.717) is 0 Å². The van der Waals surface area contributed by atoms with Crippen molar-refractivity contribution >= 4 is 17.9 Å². The van der Waals surface area contributed by atoms with Crippen LogP contribution in [0.15, 0.2) is 0 Å². The van der Waals surface area contributed by atoms with E-state index in [2.05, 4.69) is 5.32 Å². The first-order valence-electron chi connectivity index (χ1n) is 5.67. The van der Waals surface area contributed by atoms with E-state index in [1.807, 2.05) is 13.8 Å². The number of carbonyl (C=O) groups is 3. The number of aliphatic carboxylic acids is 3. The molecule has 0 heterocycles. The molecule has 2 atom stereocenters. The van der Waals surface area contributed by atoms with Crippen LogP contribution < -0.4 is 5.32 Å². The Morgan fingerprint density at radius 3 is 1.83 bits per heavy atom. The summed E-state index contributed by atoms with van der Waals surface area (Å²) in [6.07, 6.45) is -0.184. The number of nitrogens with one attached hydrogen (secondary N) is 1. The molecule has 0 aromatic heterocycles. The Bertz CT molecular complexity index is 315. The van der Waals surface area contributed by atoms with Crippen molar-refractivity contribution in [3.8, 4) is 0 Å². The monoisotopic (exact) mass is 261 g/mol. The van der Waals surface area contributed by atoms with E-state index in [4.69, 9.17) is 15.3 Å². The van der Waals surface area contributed by atoms with E-state index in [1.54, 1.807) is 0 Å². The average Bonchev–Trinajstić information content (AvgIpc) is 2.20. The Balaban J connectivity index is 4.55. The molecule has 0 aromatic carbocycles. The highest BCUT2D eigenvalue weighted by atomic mass is 16.4. The molecule has 7 heteroatoms.